The zero-order chi connectivity index (χ0) is 12.8. The van der Waals surface area contributed by atoms with Crippen molar-refractivity contribution in [1.29, 1.82) is 0 Å². The van der Waals surface area contributed by atoms with Crippen LogP contribution in [0, 0.1) is 0 Å². The quantitative estimate of drug-likeness (QED) is 0.774. The maximum atomic E-state index is 5.85. The van der Waals surface area contributed by atoms with E-state index in [0.29, 0.717) is 5.88 Å². The molecule has 0 radical (unpaired) electrons. The van der Waals surface area contributed by atoms with Crippen molar-refractivity contribution in [2.24, 2.45) is 0 Å². The Labute approximate surface area is 112 Å². The number of rotatable bonds is 5. The normalized spacial score (nSPS) is 10.3. The second-order valence-corrected chi connectivity index (χ2v) is 4.26. The van der Waals surface area contributed by atoms with Crippen molar-refractivity contribution in [3.8, 4) is 0 Å². The van der Waals surface area contributed by atoms with E-state index in [9.17, 15) is 0 Å². The van der Waals surface area contributed by atoms with E-state index in [1.54, 1.807) is 6.20 Å². The molecule has 0 aromatic carbocycles. The fourth-order valence-electron chi connectivity index (χ4n) is 1.76. The molecule has 0 saturated heterocycles. The van der Waals surface area contributed by atoms with Crippen LogP contribution >= 0.6 is 11.6 Å². The van der Waals surface area contributed by atoms with E-state index in [1.807, 2.05) is 36.5 Å². The average molecular weight is 262 g/mol. The summed E-state index contributed by atoms with van der Waals surface area (Å²) in [6, 6.07) is 9.91. The SMILES string of the molecule is CCN(Cc1ccccn1)c1cc(CCl)ccn1. The summed E-state index contributed by atoms with van der Waals surface area (Å²) in [7, 11) is 0. The largest absolute Gasteiger partial charge is 0.351 e. The molecule has 0 aliphatic carbocycles. The number of alkyl halides is 1. The van der Waals surface area contributed by atoms with Crippen LogP contribution in [0.15, 0.2) is 42.7 Å². The van der Waals surface area contributed by atoms with E-state index in [-0.39, 0.29) is 0 Å². The molecular weight excluding hydrogens is 246 g/mol. The topological polar surface area (TPSA) is 29.0 Å². The first-order valence-corrected chi connectivity index (χ1v) is 6.52. The third-order valence-electron chi connectivity index (χ3n) is 2.75. The van der Waals surface area contributed by atoms with Gasteiger partial charge in [0.05, 0.1) is 12.2 Å². The lowest BCUT2D eigenvalue weighted by Gasteiger charge is -2.21. The molecule has 0 spiro atoms. The fraction of sp³-hybridized carbons (Fsp3) is 0.286. The lowest BCUT2D eigenvalue weighted by Crippen LogP contribution is -2.23. The highest BCUT2D eigenvalue weighted by molar-refractivity contribution is 6.17. The Morgan fingerprint density at radius 2 is 2.06 bits per heavy atom. The van der Waals surface area contributed by atoms with Crippen LogP contribution in [0.3, 0.4) is 0 Å². The maximum Gasteiger partial charge on any atom is 0.129 e. The lowest BCUT2D eigenvalue weighted by molar-refractivity contribution is 0.793. The number of anilines is 1. The van der Waals surface area contributed by atoms with Crippen molar-refractivity contribution < 1.29 is 0 Å². The number of aromatic nitrogens is 2. The molecule has 18 heavy (non-hydrogen) atoms. The zero-order valence-electron chi connectivity index (χ0n) is 10.4. The van der Waals surface area contributed by atoms with E-state index < -0.39 is 0 Å². The van der Waals surface area contributed by atoms with Gasteiger partial charge in [0.1, 0.15) is 5.82 Å². The van der Waals surface area contributed by atoms with Crippen LogP contribution in [0.1, 0.15) is 18.2 Å². The molecule has 0 saturated carbocycles. The van der Waals surface area contributed by atoms with Gasteiger partial charge in [0, 0.05) is 24.8 Å². The van der Waals surface area contributed by atoms with Crippen LogP contribution in [0.25, 0.3) is 0 Å². The molecule has 2 heterocycles. The Kier molecular flexibility index (Phi) is 4.53. The van der Waals surface area contributed by atoms with Crippen LogP contribution < -0.4 is 4.90 Å². The molecule has 0 fully saturated rings. The molecule has 0 atom stereocenters. The van der Waals surface area contributed by atoms with Crippen molar-refractivity contribution in [2.75, 3.05) is 11.4 Å². The highest BCUT2D eigenvalue weighted by atomic mass is 35.5. The lowest BCUT2D eigenvalue weighted by atomic mass is 10.2. The van der Waals surface area contributed by atoms with Gasteiger partial charge in [-0.2, -0.15) is 0 Å². The van der Waals surface area contributed by atoms with E-state index in [1.165, 1.54) is 0 Å². The molecule has 0 aliphatic heterocycles. The standard InChI is InChI=1S/C14H16ClN3/c1-2-18(11-13-5-3-4-7-16-13)14-9-12(10-15)6-8-17-14/h3-9H,2,10-11H2,1H3. The van der Waals surface area contributed by atoms with Crippen molar-refractivity contribution in [3.05, 3.63) is 54.0 Å². The van der Waals surface area contributed by atoms with Crippen LogP contribution in [-0.2, 0) is 12.4 Å². The van der Waals surface area contributed by atoms with Gasteiger partial charge in [-0.15, -0.1) is 11.6 Å². The second-order valence-electron chi connectivity index (χ2n) is 3.99. The minimum atomic E-state index is 0.511. The summed E-state index contributed by atoms with van der Waals surface area (Å²) in [5.74, 6) is 1.46. The molecule has 4 heteroatoms. The minimum Gasteiger partial charge on any atom is -0.351 e. The van der Waals surface area contributed by atoms with Gasteiger partial charge in [0.15, 0.2) is 0 Å². The van der Waals surface area contributed by atoms with Crippen molar-refractivity contribution >= 4 is 17.4 Å². The van der Waals surface area contributed by atoms with Crippen LogP contribution in [0.2, 0.25) is 0 Å². The van der Waals surface area contributed by atoms with Gasteiger partial charge < -0.3 is 4.90 Å². The van der Waals surface area contributed by atoms with Gasteiger partial charge in [-0.25, -0.2) is 4.98 Å². The first-order chi connectivity index (χ1) is 8.83. The molecular formula is C14H16ClN3. The van der Waals surface area contributed by atoms with Crippen molar-refractivity contribution in [1.82, 2.24) is 9.97 Å². The molecule has 0 N–H and O–H groups in total. The summed E-state index contributed by atoms with van der Waals surface area (Å²) in [4.78, 5) is 10.9. The Hall–Kier alpha value is -1.61. The second kappa shape index (κ2) is 6.36. The van der Waals surface area contributed by atoms with E-state index in [0.717, 1.165) is 30.2 Å². The fourth-order valence-corrected chi connectivity index (χ4v) is 1.92. The Morgan fingerprint density at radius 1 is 1.17 bits per heavy atom. The van der Waals surface area contributed by atoms with E-state index in [4.69, 9.17) is 11.6 Å². The number of halogens is 1. The predicted molar refractivity (Wildman–Crippen MR) is 74.8 cm³/mol. The average Bonchev–Trinajstić information content (AvgIpc) is 2.46. The van der Waals surface area contributed by atoms with Gasteiger partial charge in [-0.3, -0.25) is 4.98 Å². The van der Waals surface area contributed by atoms with Crippen molar-refractivity contribution in [3.63, 3.8) is 0 Å². The molecule has 0 aliphatic rings. The molecule has 2 rings (SSSR count). The summed E-state index contributed by atoms with van der Waals surface area (Å²) < 4.78 is 0. The zero-order valence-corrected chi connectivity index (χ0v) is 11.1. The molecule has 0 unspecified atom stereocenters. The summed E-state index contributed by atoms with van der Waals surface area (Å²) in [5.41, 5.74) is 2.12. The molecule has 94 valence electrons. The third kappa shape index (κ3) is 3.20. The van der Waals surface area contributed by atoms with Crippen molar-refractivity contribution in [2.45, 2.75) is 19.3 Å². The summed E-state index contributed by atoms with van der Waals surface area (Å²) in [6.45, 7) is 3.75. The third-order valence-corrected chi connectivity index (χ3v) is 3.06. The summed E-state index contributed by atoms with van der Waals surface area (Å²) in [5, 5.41) is 0. The van der Waals surface area contributed by atoms with Crippen LogP contribution in [-0.4, -0.2) is 16.5 Å². The Balaban J connectivity index is 2.17. The monoisotopic (exact) mass is 261 g/mol. The highest BCUT2D eigenvalue weighted by Gasteiger charge is 2.07. The summed E-state index contributed by atoms with van der Waals surface area (Å²) >= 11 is 5.85. The smallest absolute Gasteiger partial charge is 0.129 e. The number of hydrogen-bond donors (Lipinski definition) is 0. The molecule has 3 nitrogen and oxygen atoms in total. The minimum absolute atomic E-state index is 0.511. The first kappa shape index (κ1) is 12.8. The number of pyridine rings is 2. The van der Waals surface area contributed by atoms with Gasteiger partial charge in [-0.05, 0) is 36.8 Å². The number of hydrogen-bond acceptors (Lipinski definition) is 3. The van der Waals surface area contributed by atoms with Gasteiger partial charge in [0.25, 0.3) is 0 Å². The number of nitrogens with zero attached hydrogens (tertiary/aromatic N) is 3. The van der Waals surface area contributed by atoms with Gasteiger partial charge >= 0.3 is 0 Å². The maximum absolute atomic E-state index is 5.85. The first-order valence-electron chi connectivity index (χ1n) is 5.99. The Morgan fingerprint density at radius 3 is 2.72 bits per heavy atom. The summed E-state index contributed by atoms with van der Waals surface area (Å²) in [6.07, 6.45) is 3.61. The highest BCUT2D eigenvalue weighted by Crippen LogP contribution is 2.16. The molecule has 2 aromatic heterocycles. The van der Waals surface area contributed by atoms with Crippen LogP contribution in [0.5, 0.6) is 0 Å². The predicted octanol–water partition coefficient (Wildman–Crippen LogP) is 3.24. The molecule has 2 aromatic rings. The van der Waals surface area contributed by atoms with Gasteiger partial charge in [0.2, 0.25) is 0 Å². The van der Waals surface area contributed by atoms with Crippen LogP contribution in [0.4, 0.5) is 5.82 Å². The Bertz CT molecular complexity index is 487. The van der Waals surface area contributed by atoms with Gasteiger partial charge in [-0.1, -0.05) is 6.07 Å². The molecule has 0 bridgehead atoms. The molecule has 0 amide bonds. The van der Waals surface area contributed by atoms with E-state index >= 15 is 0 Å². The van der Waals surface area contributed by atoms with E-state index in [2.05, 4.69) is 21.8 Å².